The van der Waals surface area contributed by atoms with Crippen LogP contribution in [0.5, 0.6) is 0 Å². The Bertz CT molecular complexity index is 283. The van der Waals surface area contributed by atoms with Crippen molar-refractivity contribution in [2.24, 2.45) is 11.3 Å². The first-order valence-electron chi connectivity index (χ1n) is 6.57. The molecule has 0 aromatic carbocycles. The largest absolute Gasteiger partial charge is 0.469 e. The van der Waals surface area contributed by atoms with Gasteiger partial charge in [-0.15, -0.1) is 0 Å². The van der Waals surface area contributed by atoms with Gasteiger partial charge < -0.3 is 15.0 Å². The summed E-state index contributed by atoms with van der Waals surface area (Å²) in [5.74, 6) is 0.666. The number of ether oxygens (including phenoxy) is 1. The fourth-order valence-corrected chi connectivity index (χ4v) is 2.93. The third kappa shape index (κ3) is 2.80. The molecule has 3 rings (SSSR count). The van der Waals surface area contributed by atoms with Crippen LogP contribution < -0.4 is 5.32 Å². The second-order valence-corrected chi connectivity index (χ2v) is 6.00. The van der Waals surface area contributed by atoms with E-state index in [1.807, 2.05) is 13.8 Å². The van der Waals surface area contributed by atoms with Crippen LogP contribution in [0.3, 0.4) is 0 Å². The number of piperidine rings is 3. The lowest BCUT2D eigenvalue weighted by atomic mass is 9.83. The van der Waals surface area contributed by atoms with Crippen molar-refractivity contribution in [2.75, 3.05) is 33.3 Å². The first kappa shape index (κ1) is 12.8. The normalized spacial score (nSPS) is 32.5. The molecular weight excluding hydrogens is 216 g/mol. The first-order chi connectivity index (χ1) is 8.03. The van der Waals surface area contributed by atoms with Crippen LogP contribution in [0.1, 0.15) is 26.7 Å². The van der Waals surface area contributed by atoms with E-state index < -0.39 is 5.41 Å². The van der Waals surface area contributed by atoms with Crippen LogP contribution in [0.2, 0.25) is 0 Å². The van der Waals surface area contributed by atoms with Gasteiger partial charge in [-0.1, -0.05) is 0 Å². The van der Waals surface area contributed by atoms with Crippen molar-refractivity contribution >= 4 is 5.97 Å². The smallest absolute Gasteiger partial charge is 0.312 e. The minimum absolute atomic E-state index is 0.133. The van der Waals surface area contributed by atoms with Gasteiger partial charge >= 0.3 is 5.97 Å². The number of hydrogen-bond acceptors (Lipinski definition) is 4. The molecule has 1 N–H and O–H groups in total. The van der Waals surface area contributed by atoms with Gasteiger partial charge in [-0.25, -0.2) is 0 Å². The quantitative estimate of drug-likeness (QED) is 0.740. The van der Waals surface area contributed by atoms with Gasteiger partial charge in [0.2, 0.25) is 0 Å². The van der Waals surface area contributed by atoms with Gasteiger partial charge in [0.1, 0.15) is 0 Å². The highest BCUT2D eigenvalue weighted by atomic mass is 16.5. The molecule has 0 spiro atoms. The number of rotatable bonds is 4. The van der Waals surface area contributed by atoms with Crippen molar-refractivity contribution in [1.29, 1.82) is 0 Å². The Kier molecular flexibility index (Phi) is 3.73. The molecule has 2 bridgehead atoms. The van der Waals surface area contributed by atoms with Crippen LogP contribution in [-0.4, -0.2) is 50.2 Å². The SMILES string of the molecule is COC(=O)C(C)(C)CNC1CN2CCC1CC2. The monoisotopic (exact) mass is 240 g/mol. The molecule has 0 aliphatic carbocycles. The third-order valence-corrected chi connectivity index (χ3v) is 4.20. The van der Waals surface area contributed by atoms with E-state index in [1.165, 1.54) is 33.0 Å². The Morgan fingerprint density at radius 2 is 2.06 bits per heavy atom. The molecule has 98 valence electrons. The number of fused-ring (bicyclic) bond motifs is 3. The van der Waals surface area contributed by atoms with Crippen LogP contribution in [0.15, 0.2) is 0 Å². The number of hydrogen-bond donors (Lipinski definition) is 1. The zero-order valence-electron chi connectivity index (χ0n) is 11.2. The van der Waals surface area contributed by atoms with E-state index >= 15 is 0 Å². The van der Waals surface area contributed by atoms with Gasteiger partial charge in [0.25, 0.3) is 0 Å². The Hall–Kier alpha value is -0.610. The maximum atomic E-state index is 11.6. The lowest BCUT2D eigenvalue weighted by molar-refractivity contribution is -0.150. The number of nitrogens with zero attached hydrogens (tertiary/aromatic N) is 1. The number of methoxy groups -OCH3 is 1. The summed E-state index contributed by atoms with van der Waals surface area (Å²) >= 11 is 0. The molecule has 3 fully saturated rings. The summed E-state index contributed by atoms with van der Waals surface area (Å²) < 4.78 is 4.83. The summed E-state index contributed by atoms with van der Waals surface area (Å²) in [5.41, 5.74) is -0.430. The van der Waals surface area contributed by atoms with Crippen LogP contribution in [0.4, 0.5) is 0 Å². The van der Waals surface area contributed by atoms with E-state index in [0.29, 0.717) is 12.6 Å². The molecule has 3 aliphatic heterocycles. The summed E-state index contributed by atoms with van der Waals surface area (Å²) in [6.45, 7) is 8.23. The Labute approximate surface area is 104 Å². The van der Waals surface area contributed by atoms with Crippen molar-refractivity contribution in [1.82, 2.24) is 10.2 Å². The number of esters is 1. The summed E-state index contributed by atoms with van der Waals surface area (Å²) in [7, 11) is 1.46. The highest BCUT2D eigenvalue weighted by Crippen LogP contribution is 2.28. The van der Waals surface area contributed by atoms with Crippen molar-refractivity contribution in [2.45, 2.75) is 32.7 Å². The van der Waals surface area contributed by atoms with Crippen molar-refractivity contribution in [3.8, 4) is 0 Å². The Morgan fingerprint density at radius 3 is 2.53 bits per heavy atom. The first-order valence-corrected chi connectivity index (χ1v) is 6.57. The summed E-state index contributed by atoms with van der Waals surface area (Å²) in [4.78, 5) is 14.1. The van der Waals surface area contributed by atoms with Crippen LogP contribution >= 0.6 is 0 Å². The molecule has 1 unspecified atom stereocenters. The summed E-state index contributed by atoms with van der Waals surface area (Å²) in [6.07, 6.45) is 2.60. The van der Waals surface area contributed by atoms with E-state index in [0.717, 1.165) is 12.5 Å². The number of nitrogens with one attached hydrogen (secondary N) is 1. The highest BCUT2D eigenvalue weighted by Gasteiger charge is 2.36. The molecule has 0 radical (unpaired) electrons. The minimum Gasteiger partial charge on any atom is -0.469 e. The number of carbonyl (C=O) groups excluding carboxylic acids is 1. The second-order valence-electron chi connectivity index (χ2n) is 6.00. The average molecular weight is 240 g/mol. The fourth-order valence-electron chi connectivity index (χ4n) is 2.93. The standard InChI is InChI=1S/C13H24N2O2/c1-13(2,12(16)17-3)9-14-11-8-15-6-4-10(11)5-7-15/h10-11,14H,4-9H2,1-3H3. The van der Waals surface area contributed by atoms with E-state index in [2.05, 4.69) is 10.2 Å². The molecule has 1 atom stereocenters. The predicted molar refractivity (Wildman–Crippen MR) is 66.8 cm³/mol. The zero-order valence-corrected chi connectivity index (χ0v) is 11.2. The van der Waals surface area contributed by atoms with E-state index in [-0.39, 0.29) is 5.97 Å². The van der Waals surface area contributed by atoms with Crippen molar-refractivity contribution < 1.29 is 9.53 Å². The molecule has 3 heterocycles. The molecule has 0 aromatic rings. The van der Waals surface area contributed by atoms with Gasteiger partial charge in [-0.3, -0.25) is 4.79 Å². The molecule has 3 aliphatic rings. The molecule has 4 nitrogen and oxygen atoms in total. The van der Waals surface area contributed by atoms with Gasteiger partial charge in [0, 0.05) is 19.1 Å². The van der Waals surface area contributed by atoms with Crippen LogP contribution in [0.25, 0.3) is 0 Å². The van der Waals surface area contributed by atoms with Crippen LogP contribution in [-0.2, 0) is 9.53 Å². The maximum Gasteiger partial charge on any atom is 0.312 e. The maximum absolute atomic E-state index is 11.6. The Morgan fingerprint density at radius 1 is 1.41 bits per heavy atom. The second kappa shape index (κ2) is 4.94. The third-order valence-electron chi connectivity index (χ3n) is 4.20. The van der Waals surface area contributed by atoms with Gasteiger partial charge in [-0.05, 0) is 45.7 Å². The molecule has 3 saturated heterocycles. The molecule has 0 saturated carbocycles. The molecule has 17 heavy (non-hydrogen) atoms. The van der Waals surface area contributed by atoms with Crippen LogP contribution in [0, 0.1) is 11.3 Å². The molecule has 0 aromatic heterocycles. The number of carbonyl (C=O) groups is 1. The average Bonchev–Trinajstić information content (AvgIpc) is 2.37. The van der Waals surface area contributed by atoms with Crippen molar-refractivity contribution in [3.05, 3.63) is 0 Å². The molecular formula is C13H24N2O2. The summed E-state index contributed by atoms with van der Waals surface area (Å²) in [5, 5.41) is 3.57. The molecule has 0 amide bonds. The van der Waals surface area contributed by atoms with Gasteiger partial charge in [0.05, 0.1) is 12.5 Å². The zero-order chi connectivity index (χ0) is 12.5. The van der Waals surface area contributed by atoms with Crippen molar-refractivity contribution in [3.63, 3.8) is 0 Å². The topological polar surface area (TPSA) is 41.6 Å². The highest BCUT2D eigenvalue weighted by molar-refractivity contribution is 5.76. The lowest BCUT2D eigenvalue weighted by Crippen LogP contribution is -2.57. The predicted octanol–water partition coefficient (Wildman–Crippen LogP) is 0.869. The van der Waals surface area contributed by atoms with Gasteiger partial charge in [-0.2, -0.15) is 0 Å². The van der Waals surface area contributed by atoms with E-state index in [1.54, 1.807) is 0 Å². The van der Waals surface area contributed by atoms with E-state index in [9.17, 15) is 4.79 Å². The lowest BCUT2D eigenvalue weighted by Gasteiger charge is -2.45. The van der Waals surface area contributed by atoms with E-state index in [4.69, 9.17) is 4.74 Å². The minimum atomic E-state index is -0.430. The fraction of sp³-hybridized carbons (Fsp3) is 0.923. The Balaban J connectivity index is 1.84. The van der Waals surface area contributed by atoms with Gasteiger partial charge in [0.15, 0.2) is 0 Å². The molecule has 4 heteroatoms. The summed E-state index contributed by atoms with van der Waals surface area (Å²) in [6, 6.07) is 0.557.